The molecule has 2 aromatic rings. The van der Waals surface area contributed by atoms with Crippen molar-refractivity contribution >= 4 is 29.5 Å². The minimum Gasteiger partial charge on any atom is -0.508 e. The number of hydrogen-bond donors (Lipinski definition) is 4. The number of carbonyl (C=O) groups is 4. The van der Waals surface area contributed by atoms with Crippen molar-refractivity contribution < 1.29 is 33.8 Å². The molecule has 210 valence electrons. The fraction of sp³-hybridized carbons (Fsp3) is 0.429. The summed E-state index contributed by atoms with van der Waals surface area (Å²) in [7, 11) is 1.54. The fourth-order valence-electron chi connectivity index (χ4n) is 4.02. The van der Waals surface area contributed by atoms with Crippen LogP contribution in [0.25, 0.3) is 0 Å². The van der Waals surface area contributed by atoms with Gasteiger partial charge in [-0.1, -0.05) is 12.1 Å². The summed E-state index contributed by atoms with van der Waals surface area (Å²) in [6, 6.07) is 10.2. The molecule has 1 fully saturated rings. The van der Waals surface area contributed by atoms with E-state index in [1.54, 1.807) is 57.2 Å². The third-order valence-electron chi connectivity index (χ3n) is 5.96. The van der Waals surface area contributed by atoms with Gasteiger partial charge < -0.3 is 35.8 Å². The normalized spacial score (nSPS) is 14.5. The maximum Gasteiger partial charge on any atom is 0.408 e. The lowest BCUT2D eigenvalue weighted by Gasteiger charge is -2.34. The highest BCUT2D eigenvalue weighted by atomic mass is 16.6. The van der Waals surface area contributed by atoms with Gasteiger partial charge in [-0.05, 0) is 82.0 Å². The number of methoxy groups -OCH3 is 1. The van der Waals surface area contributed by atoms with Crippen LogP contribution in [0.2, 0.25) is 0 Å². The van der Waals surface area contributed by atoms with E-state index in [2.05, 4.69) is 10.6 Å². The summed E-state index contributed by atoms with van der Waals surface area (Å²) in [6.07, 6.45) is 0.256. The Morgan fingerprint density at radius 1 is 1.05 bits per heavy atom. The number of ether oxygens (including phenoxy) is 2. The molecule has 1 aliphatic rings. The van der Waals surface area contributed by atoms with Gasteiger partial charge in [0, 0.05) is 18.2 Å². The van der Waals surface area contributed by atoms with Gasteiger partial charge in [0.2, 0.25) is 11.8 Å². The van der Waals surface area contributed by atoms with Gasteiger partial charge in [0.15, 0.2) is 0 Å². The highest BCUT2D eigenvalue weighted by Gasteiger charge is 2.44. The lowest BCUT2D eigenvalue weighted by Crippen LogP contribution is -2.53. The standard InChI is InChI=1S/C28H36N4O7/c1-28(2,3)39-27(37)31-22(15-16-23(29)34)26(36)32(19-9-10-19)24(17-5-11-20(33)12-6-17)25(35)30-18-7-13-21(38-4)14-8-18/h5-8,11-14,19,22,24,33H,9-10,15-16H2,1-4H3,(H2,29,34)(H,30,35)(H,31,37). The Balaban J connectivity index is 1.96. The van der Waals surface area contributed by atoms with E-state index < -0.39 is 41.5 Å². The molecule has 2 atom stereocenters. The zero-order valence-corrected chi connectivity index (χ0v) is 22.6. The number of phenols is 1. The Hall–Kier alpha value is -4.28. The van der Waals surface area contributed by atoms with Crippen LogP contribution in [0, 0.1) is 0 Å². The van der Waals surface area contributed by atoms with Crippen molar-refractivity contribution in [2.24, 2.45) is 5.73 Å². The number of phenolic OH excluding ortho intramolecular Hbond substituents is 1. The van der Waals surface area contributed by atoms with Crippen molar-refractivity contribution in [2.75, 3.05) is 12.4 Å². The van der Waals surface area contributed by atoms with E-state index in [0.717, 1.165) is 0 Å². The van der Waals surface area contributed by atoms with E-state index in [-0.39, 0.29) is 24.6 Å². The quantitative estimate of drug-likeness (QED) is 0.340. The molecule has 0 radical (unpaired) electrons. The summed E-state index contributed by atoms with van der Waals surface area (Å²) in [4.78, 5) is 53.4. The number of hydrogen-bond acceptors (Lipinski definition) is 7. The molecule has 0 saturated heterocycles. The van der Waals surface area contributed by atoms with Crippen molar-refractivity contribution in [1.29, 1.82) is 0 Å². The van der Waals surface area contributed by atoms with Crippen LogP contribution in [0.5, 0.6) is 11.5 Å². The average molecular weight is 541 g/mol. The van der Waals surface area contributed by atoms with Crippen molar-refractivity contribution in [3.05, 3.63) is 54.1 Å². The van der Waals surface area contributed by atoms with Gasteiger partial charge in [0.1, 0.15) is 29.2 Å². The van der Waals surface area contributed by atoms with Crippen molar-refractivity contribution in [1.82, 2.24) is 10.2 Å². The zero-order chi connectivity index (χ0) is 28.7. The van der Waals surface area contributed by atoms with E-state index in [9.17, 15) is 24.3 Å². The topological polar surface area (TPSA) is 160 Å². The molecule has 0 aliphatic heterocycles. The molecule has 1 aliphatic carbocycles. The maximum absolute atomic E-state index is 14.0. The Kier molecular flexibility index (Phi) is 9.39. The Labute approximate surface area is 227 Å². The lowest BCUT2D eigenvalue weighted by atomic mass is 10.0. The number of anilines is 1. The molecule has 5 N–H and O–H groups in total. The smallest absolute Gasteiger partial charge is 0.408 e. The summed E-state index contributed by atoms with van der Waals surface area (Å²) >= 11 is 0. The van der Waals surface area contributed by atoms with Crippen LogP contribution in [0.15, 0.2) is 48.5 Å². The molecule has 11 nitrogen and oxygen atoms in total. The number of alkyl carbamates (subject to hydrolysis) is 1. The first kappa shape index (κ1) is 29.3. The number of amides is 4. The summed E-state index contributed by atoms with van der Waals surface area (Å²) in [5, 5.41) is 15.2. The van der Waals surface area contributed by atoms with E-state index in [1.807, 2.05) is 0 Å². The number of primary amides is 1. The van der Waals surface area contributed by atoms with Crippen LogP contribution < -0.4 is 21.1 Å². The van der Waals surface area contributed by atoms with Gasteiger partial charge in [-0.3, -0.25) is 14.4 Å². The van der Waals surface area contributed by atoms with Crippen molar-refractivity contribution in [3.63, 3.8) is 0 Å². The highest BCUT2D eigenvalue weighted by molar-refractivity contribution is 5.99. The second-order valence-corrected chi connectivity index (χ2v) is 10.4. The second kappa shape index (κ2) is 12.5. The van der Waals surface area contributed by atoms with E-state index >= 15 is 0 Å². The largest absolute Gasteiger partial charge is 0.508 e. The summed E-state index contributed by atoms with van der Waals surface area (Å²) in [6.45, 7) is 5.06. The van der Waals surface area contributed by atoms with Crippen LogP contribution in [-0.4, -0.2) is 58.6 Å². The first-order valence-corrected chi connectivity index (χ1v) is 12.7. The third-order valence-corrected chi connectivity index (χ3v) is 5.96. The van der Waals surface area contributed by atoms with Gasteiger partial charge in [-0.2, -0.15) is 0 Å². The molecular formula is C28H36N4O7. The molecular weight excluding hydrogens is 504 g/mol. The van der Waals surface area contributed by atoms with Gasteiger partial charge in [0.25, 0.3) is 5.91 Å². The SMILES string of the molecule is COc1ccc(NC(=O)C(c2ccc(O)cc2)N(C(=O)C(CCC(N)=O)NC(=O)OC(C)(C)C)C2CC2)cc1. The van der Waals surface area contributed by atoms with E-state index in [1.165, 1.54) is 24.1 Å². The number of carbonyl (C=O) groups excluding carboxylic acids is 4. The first-order chi connectivity index (χ1) is 18.4. The Bertz CT molecular complexity index is 1170. The predicted octanol–water partition coefficient (Wildman–Crippen LogP) is 3.23. The van der Waals surface area contributed by atoms with Crippen molar-refractivity contribution in [3.8, 4) is 11.5 Å². The van der Waals surface area contributed by atoms with Crippen molar-refractivity contribution in [2.45, 2.75) is 70.2 Å². The van der Waals surface area contributed by atoms with Gasteiger partial charge >= 0.3 is 6.09 Å². The number of rotatable bonds is 11. The summed E-state index contributed by atoms with van der Waals surface area (Å²) in [5.41, 5.74) is 5.48. The molecule has 39 heavy (non-hydrogen) atoms. The molecule has 0 aromatic heterocycles. The molecule has 0 heterocycles. The first-order valence-electron chi connectivity index (χ1n) is 12.7. The molecule has 0 spiro atoms. The summed E-state index contributed by atoms with van der Waals surface area (Å²) in [5.74, 6) is -1.06. The monoisotopic (exact) mass is 540 g/mol. The minimum absolute atomic E-state index is 0.00304. The number of nitrogens with two attached hydrogens (primary N) is 1. The third kappa shape index (κ3) is 8.62. The van der Waals surface area contributed by atoms with E-state index in [0.29, 0.717) is 29.8 Å². The Morgan fingerprint density at radius 2 is 1.67 bits per heavy atom. The van der Waals surface area contributed by atoms with Crippen LogP contribution in [0.1, 0.15) is 58.1 Å². The van der Waals surface area contributed by atoms with E-state index in [4.69, 9.17) is 15.2 Å². The van der Waals surface area contributed by atoms with Gasteiger partial charge in [-0.15, -0.1) is 0 Å². The summed E-state index contributed by atoms with van der Waals surface area (Å²) < 4.78 is 10.5. The van der Waals surface area contributed by atoms with Gasteiger partial charge in [0.05, 0.1) is 7.11 Å². The second-order valence-electron chi connectivity index (χ2n) is 10.4. The molecule has 4 amide bonds. The number of nitrogens with zero attached hydrogens (tertiary/aromatic N) is 1. The average Bonchev–Trinajstić information content (AvgIpc) is 3.69. The maximum atomic E-state index is 14.0. The van der Waals surface area contributed by atoms with Crippen LogP contribution >= 0.6 is 0 Å². The van der Waals surface area contributed by atoms with Crippen LogP contribution in [0.3, 0.4) is 0 Å². The molecule has 3 rings (SSSR count). The predicted molar refractivity (Wildman–Crippen MR) is 144 cm³/mol. The molecule has 1 saturated carbocycles. The lowest BCUT2D eigenvalue weighted by molar-refractivity contribution is -0.141. The number of nitrogens with one attached hydrogen (secondary N) is 2. The minimum atomic E-state index is -1.17. The fourth-order valence-corrected chi connectivity index (χ4v) is 4.02. The molecule has 2 unspecified atom stereocenters. The molecule has 11 heteroatoms. The Morgan fingerprint density at radius 3 is 2.18 bits per heavy atom. The van der Waals surface area contributed by atoms with Crippen LogP contribution in [-0.2, 0) is 19.1 Å². The number of aromatic hydroxyl groups is 1. The molecule has 0 bridgehead atoms. The zero-order valence-electron chi connectivity index (χ0n) is 22.6. The van der Waals surface area contributed by atoms with Gasteiger partial charge in [-0.25, -0.2) is 4.79 Å². The van der Waals surface area contributed by atoms with Crippen LogP contribution in [0.4, 0.5) is 10.5 Å². The molecule has 2 aromatic carbocycles. The number of benzene rings is 2. The highest BCUT2D eigenvalue weighted by Crippen LogP contribution is 2.37.